The molecule has 8 nitrogen and oxygen atoms in total. The van der Waals surface area contributed by atoms with Crippen LogP contribution in [0.4, 0.5) is 5.95 Å². The zero-order valence-electron chi connectivity index (χ0n) is 20.9. The van der Waals surface area contributed by atoms with E-state index in [0.717, 1.165) is 52.3 Å². The van der Waals surface area contributed by atoms with Crippen LogP contribution in [0.1, 0.15) is 53.8 Å². The Morgan fingerprint density at radius 2 is 1.92 bits per heavy atom. The normalized spacial score (nSPS) is 14.8. The Balaban J connectivity index is 1.34. The smallest absolute Gasteiger partial charge is 0.268 e. The fraction of sp³-hybridized carbons (Fsp3) is 0.233. The molecule has 38 heavy (non-hydrogen) atoms. The molecule has 5 N–H and O–H groups in total. The number of nitrogen functional groups attached to an aromatic ring is 1. The second-order valence-corrected chi connectivity index (χ2v) is 9.81. The number of hydrogen-bond donors (Lipinski definition) is 4. The second kappa shape index (κ2) is 9.69. The molecule has 0 aliphatic heterocycles. The molecule has 1 aliphatic carbocycles. The Kier molecular flexibility index (Phi) is 6.06. The highest BCUT2D eigenvalue weighted by molar-refractivity contribution is 5.98. The van der Waals surface area contributed by atoms with Crippen LogP contribution in [0.15, 0.2) is 66.9 Å². The largest absolute Gasteiger partial charge is 0.378 e. The minimum atomic E-state index is -0.922. The monoisotopic (exact) mass is 504 g/mol. The minimum absolute atomic E-state index is 0.160. The van der Waals surface area contributed by atoms with E-state index in [9.17, 15) is 9.90 Å². The number of rotatable bonds is 4. The van der Waals surface area contributed by atoms with E-state index in [1.165, 1.54) is 0 Å². The summed E-state index contributed by atoms with van der Waals surface area (Å²) < 4.78 is 1.96. The molecule has 1 amide bonds. The first-order valence-corrected chi connectivity index (χ1v) is 12.8. The molecule has 0 unspecified atom stereocenters. The van der Waals surface area contributed by atoms with E-state index in [1.54, 1.807) is 12.3 Å². The van der Waals surface area contributed by atoms with Crippen LogP contribution in [0.2, 0.25) is 0 Å². The maximum atomic E-state index is 13.0. The summed E-state index contributed by atoms with van der Waals surface area (Å²) in [4.78, 5) is 24.6. The van der Waals surface area contributed by atoms with Crippen LogP contribution >= 0.6 is 0 Å². The highest BCUT2D eigenvalue weighted by Crippen LogP contribution is 2.28. The van der Waals surface area contributed by atoms with E-state index >= 15 is 0 Å². The number of nitrogens with two attached hydrogens (primary N) is 1. The molecule has 1 fully saturated rings. The van der Waals surface area contributed by atoms with E-state index in [0.29, 0.717) is 24.4 Å². The number of benzene rings is 2. The lowest BCUT2D eigenvalue weighted by atomic mass is 9.85. The number of aliphatic hydroxyl groups is 1. The molecule has 3 aromatic heterocycles. The molecule has 2 aromatic carbocycles. The molecular weight excluding hydrogens is 476 g/mol. The van der Waals surface area contributed by atoms with Crippen molar-refractivity contribution in [2.45, 2.75) is 44.2 Å². The number of carbonyl (C=O) groups is 1. The van der Waals surface area contributed by atoms with E-state index in [4.69, 9.17) is 5.73 Å². The van der Waals surface area contributed by atoms with Gasteiger partial charge >= 0.3 is 0 Å². The molecule has 0 saturated heterocycles. The fourth-order valence-electron chi connectivity index (χ4n) is 5.14. The van der Waals surface area contributed by atoms with Crippen molar-refractivity contribution in [2.24, 2.45) is 0 Å². The SMILES string of the molecule is Nc1nccc(-n2c(CNC(=O)c3cc4ccccc4[nH]3)cc3ccc(C#CC4(O)CCCCC4)cc32)n1. The number of nitrogens with one attached hydrogen (secondary N) is 2. The van der Waals surface area contributed by atoms with Gasteiger partial charge in [-0.25, -0.2) is 4.98 Å². The average Bonchev–Trinajstić information content (AvgIpc) is 3.52. The number of para-hydroxylation sites is 1. The quantitative estimate of drug-likeness (QED) is 0.269. The van der Waals surface area contributed by atoms with Crippen molar-refractivity contribution >= 4 is 33.7 Å². The predicted molar refractivity (Wildman–Crippen MR) is 148 cm³/mol. The first kappa shape index (κ1) is 23.8. The topological polar surface area (TPSA) is 122 Å². The number of hydrogen-bond acceptors (Lipinski definition) is 5. The van der Waals surface area contributed by atoms with Crippen molar-refractivity contribution in [1.29, 1.82) is 0 Å². The summed E-state index contributed by atoms with van der Waals surface area (Å²) in [7, 11) is 0. The minimum Gasteiger partial charge on any atom is -0.378 e. The molecule has 190 valence electrons. The third-order valence-corrected chi connectivity index (χ3v) is 7.09. The predicted octanol–water partition coefficient (Wildman–Crippen LogP) is 4.46. The molecule has 0 spiro atoms. The van der Waals surface area contributed by atoms with Gasteiger partial charge in [0.2, 0.25) is 5.95 Å². The van der Waals surface area contributed by atoms with Gasteiger partial charge in [-0.15, -0.1) is 0 Å². The van der Waals surface area contributed by atoms with Crippen LogP contribution in [-0.2, 0) is 6.54 Å². The van der Waals surface area contributed by atoms with Crippen LogP contribution in [0.5, 0.6) is 0 Å². The first-order chi connectivity index (χ1) is 18.5. The van der Waals surface area contributed by atoms with Gasteiger partial charge in [0.1, 0.15) is 17.1 Å². The van der Waals surface area contributed by atoms with Gasteiger partial charge in [-0.05, 0) is 62.1 Å². The molecule has 8 heteroatoms. The lowest BCUT2D eigenvalue weighted by Gasteiger charge is -2.26. The Morgan fingerprint density at radius 3 is 2.74 bits per heavy atom. The number of nitrogens with zero attached hydrogens (tertiary/aromatic N) is 3. The lowest BCUT2D eigenvalue weighted by molar-refractivity contribution is 0.0610. The molecule has 1 aliphatic rings. The van der Waals surface area contributed by atoms with Crippen LogP contribution in [0, 0.1) is 11.8 Å². The molecule has 3 heterocycles. The van der Waals surface area contributed by atoms with Gasteiger partial charge in [-0.2, -0.15) is 4.98 Å². The maximum absolute atomic E-state index is 13.0. The van der Waals surface area contributed by atoms with Crippen LogP contribution in [0.25, 0.3) is 27.6 Å². The fourth-order valence-corrected chi connectivity index (χ4v) is 5.14. The summed E-state index contributed by atoms with van der Waals surface area (Å²) in [5.74, 6) is 6.85. The summed E-state index contributed by atoms with van der Waals surface area (Å²) in [6.07, 6.45) is 6.16. The number of fused-ring (bicyclic) bond motifs is 2. The lowest BCUT2D eigenvalue weighted by Crippen LogP contribution is -2.29. The molecule has 0 radical (unpaired) electrons. The van der Waals surface area contributed by atoms with Crippen molar-refractivity contribution in [3.63, 3.8) is 0 Å². The Labute approximate surface area is 219 Å². The number of aromatic nitrogens is 4. The molecule has 5 aromatic rings. The zero-order chi connectivity index (χ0) is 26.1. The Morgan fingerprint density at radius 1 is 1.08 bits per heavy atom. The number of anilines is 1. The van der Waals surface area contributed by atoms with Gasteiger partial charge in [0.05, 0.1) is 12.1 Å². The summed E-state index contributed by atoms with van der Waals surface area (Å²) in [5, 5.41) is 15.8. The number of aromatic amines is 1. The number of carbonyl (C=O) groups excluding carboxylic acids is 1. The highest BCUT2D eigenvalue weighted by atomic mass is 16.3. The van der Waals surface area contributed by atoms with Gasteiger partial charge < -0.3 is 21.1 Å². The van der Waals surface area contributed by atoms with Crippen molar-refractivity contribution in [3.05, 3.63) is 83.8 Å². The summed E-state index contributed by atoms with van der Waals surface area (Å²) >= 11 is 0. The first-order valence-electron chi connectivity index (χ1n) is 12.8. The van der Waals surface area contributed by atoms with Crippen molar-refractivity contribution in [1.82, 2.24) is 24.8 Å². The van der Waals surface area contributed by atoms with Gasteiger partial charge in [0, 0.05) is 33.7 Å². The molecule has 0 bridgehead atoms. The zero-order valence-corrected chi connectivity index (χ0v) is 20.9. The van der Waals surface area contributed by atoms with E-state index in [-0.39, 0.29) is 18.4 Å². The van der Waals surface area contributed by atoms with Crippen molar-refractivity contribution in [2.75, 3.05) is 5.73 Å². The summed E-state index contributed by atoms with van der Waals surface area (Å²) in [6.45, 7) is 0.271. The van der Waals surface area contributed by atoms with Crippen LogP contribution < -0.4 is 11.1 Å². The van der Waals surface area contributed by atoms with Gasteiger partial charge in [-0.1, -0.05) is 42.5 Å². The van der Waals surface area contributed by atoms with Gasteiger partial charge in [0.25, 0.3) is 5.91 Å². The second-order valence-electron chi connectivity index (χ2n) is 9.81. The van der Waals surface area contributed by atoms with E-state index in [1.807, 2.05) is 59.2 Å². The van der Waals surface area contributed by atoms with E-state index < -0.39 is 5.60 Å². The Hall–Kier alpha value is -4.61. The van der Waals surface area contributed by atoms with Crippen molar-refractivity contribution in [3.8, 4) is 17.7 Å². The summed E-state index contributed by atoms with van der Waals surface area (Å²) in [5.41, 5.74) is 8.90. The van der Waals surface area contributed by atoms with Gasteiger partial charge in [0.15, 0.2) is 0 Å². The third-order valence-electron chi connectivity index (χ3n) is 7.09. The molecular formula is C30H28N6O2. The summed E-state index contributed by atoms with van der Waals surface area (Å²) in [6, 6.07) is 19.4. The molecule has 6 rings (SSSR count). The standard InChI is InChI=1S/C30H28N6O2/c31-29-32-15-11-27(35-29)36-23(19-33-28(37)25-18-21-6-2-3-7-24(21)34-25)17-22-9-8-20(16-26(22)36)10-14-30(38)12-4-1-5-13-30/h2-3,6-9,11,15-18,34,38H,1,4-5,12-13,19H2,(H,33,37)(H2,31,32,35). The average molecular weight is 505 g/mol. The van der Waals surface area contributed by atoms with Crippen molar-refractivity contribution < 1.29 is 9.90 Å². The van der Waals surface area contributed by atoms with Crippen LogP contribution in [-0.4, -0.2) is 36.1 Å². The third kappa shape index (κ3) is 4.72. The highest BCUT2D eigenvalue weighted by Gasteiger charge is 2.26. The Bertz CT molecular complexity index is 1680. The molecule has 1 saturated carbocycles. The maximum Gasteiger partial charge on any atom is 0.268 e. The van der Waals surface area contributed by atoms with E-state index in [2.05, 4.69) is 32.1 Å². The van der Waals surface area contributed by atoms with Gasteiger partial charge in [-0.3, -0.25) is 9.36 Å². The molecule has 0 atom stereocenters. The van der Waals surface area contributed by atoms with Crippen LogP contribution in [0.3, 0.4) is 0 Å². The number of H-pyrrole nitrogens is 1. The number of amides is 1.